The van der Waals surface area contributed by atoms with E-state index in [1.165, 1.54) is 12.1 Å². The zero-order chi connectivity index (χ0) is 15.0. The molecule has 0 bridgehead atoms. The van der Waals surface area contributed by atoms with Gasteiger partial charge >= 0.3 is 0 Å². The lowest BCUT2D eigenvalue weighted by molar-refractivity contribution is 0.0695. The molecule has 1 atom stereocenters. The highest BCUT2D eigenvalue weighted by Gasteiger charge is 2.33. The molecule has 0 spiro atoms. The summed E-state index contributed by atoms with van der Waals surface area (Å²) in [6, 6.07) is 8.08. The van der Waals surface area contributed by atoms with Crippen LogP contribution in [0, 0.1) is 5.82 Å². The predicted octanol–water partition coefficient (Wildman–Crippen LogP) is 4.09. The second-order valence-electron chi connectivity index (χ2n) is 5.08. The second-order valence-corrected chi connectivity index (χ2v) is 5.89. The number of aromatic nitrogens is 1. The SMILES string of the molecule is CCC(c1cccc(F)c1)N1Cc2cnc(Br)cc2C1=O. The van der Waals surface area contributed by atoms with Crippen LogP contribution in [-0.2, 0) is 6.54 Å². The van der Waals surface area contributed by atoms with Crippen LogP contribution in [0.4, 0.5) is 4.39 Å². The molecular formula is C16H14BrFN2O. The molecule has 1 aromatic heterocycles. The van der Waals surface area contributed by atoms with E-state index in [4.69, 9.17) is 0 Å². The molecule has 2 heterocycles. The first kappa shape index (κ1) is 14.2. The van der Waals surface area contributed by atoms with Crippen LogP contribution >= 0.6 is 15.9 Å². The summed E-state index contributed by atoms with van der Waals surface area (Å²) < 4.78 is 14.1. The third kappa shape index (κ3) is 2.58. The fourth-order valence-electron chi connectivity index (χ4n) is 2.79. The Labute approximate surface area is 130 Å². The van der Waals surface area contributed by atoms with Crippen LogP contribution in [0.2, 0.25) is 0 Å². The van der Waals surface area contributed by atoms with Crippen molar-refractivity contribution >= 4 is 21.8 Å². The van der Waals surface area contributed by atoms with E-state index in [0.29, 0.717) is 16.7 Å². The van der Waals surface area contributed by atoms with E-state index in [9.17, 15) is 9.18 Å². The Bertz CT molecular complexity index is 704. The first-order valence-corrected chi connectivity index (χ1v) is 7.60. The Morgan fingerprint density at radius 3 is 2.95 bits per heavy atom. The molecule has 5 heteroatoms. The first-order valence-electron chi connectivity index (χ1n) is 6.81. The summed E-state index contributed by atoms with van der Waals surface area (Å²) in [6.45, 7) is 2.52. The molecule has 21 heavy (non-hydrogen) atoms. The lowest BCUT2D eigenvalue weighted by Gasteiger charge is -2.27. The number of nitrogens with zero attached hydrogens (tertiary/aromatic N) is 2. The number of pyridine rings is 1. The van der Waals surface area contributed by atoms with Crippen LogP contribution in [0.15, 0.2) is 41.1 Å². The molecule has 1 aliphatic rings. The Kier molecular flexibility index (Phi) is 3.76. The average molecular weight is 349 g/mol. The molecule has 3 nitrogen and oxygen atoms in total. The van der Waals surface area contributed by atoms with Crippen molar-refractivity contribution in [1.82, 2.24) is 9.88 Å². The van der Waals surface area contributed by atoms with Gasteiger partial charge in [0.25, 0.3) is 5.91 Å². The van der Waals surface area contributed by atoms with Crippen molar-refractivity contribution in [2.45, 2.75) is 25.9 Å². The molecule has 1 unspecified atom stereocenters. The summed E-state index contributed by atoms with van der Waals surface area (Å²) in [5.74, 6) is -0.302. The maximum Gasteiger partial charge on any atom is 0.255 e. The predicted molar refractivity (Wildman–Crippen MR) is 81.2 cm³/mol. The third-order valence-corrected chi connectivity index (χ3v) is 4.22. The molecule has 0 fully saturated rings. The molecule has 108 valence electrons. The highest BCUT2D eigenvalue weighted by molar-refractivity contribution is 9.10. The quantitative estimate of drug-likeness (QED) is 0.782. The minimum absolute atomic E-state index is 0.0239. The van der Waals surface area contributed by atoms with E-state index in [0.717, 1.165) is 17.5 Å². The van der Waals surface area contributed by atoms with Crippen LogP contribution in [0.5, 0.6) is 0 Å². The van der Waals surface area contributed by atoms with Gasteiger partial charge in [-0.15, -0.1) is 0 Å². The van der Waals surface area contributed by atoms with Crippen molar-refractivity contribution < 1.29 is 9.18 Å². The number of hydrogen-bond donors (Lipinski definition) is 0. The Morgan fingerprint density at radius 1 is 1.43 bits per heavy atom. The normalized spacial score (nSPS) is 15.2. The largest absolute Gasteiger partial charge is 0.327 e. The number of benzene rings is 1. The average Bonchev–Trinajstić information content (AvgIpc) is 2.77. The molecule has 0 saturated heterocycles. The summed E-state index contributed by atoms with van der Waals surface area (Å²) >= 11 is 3.29. The number of carbonyl (C=O) groups is 1. The molecule has 0 N–H and O–H groups in total. The van der Waals surface area contributed by atoms with Gasteiger partial charge in [-0.2, -0.15) is 0 Å². The van der Waals surface area contributed by atoms with E-state index >= 15 is 0 Å². The van der Waals surface area contributed by atoms with Gasteiger partial charge in [0.05, 0.1) is 6.04 Å². The van der Waals surface area contributed by atoms with Gasteiger partial charge in [-0.05, 0) is 46.1 Å². The lowest BCUT2D eigenvalue weighted by Crippen LogP contribution is -2.28. The second kappa shape index (κ2) is 5.56. The fraction of sp³-hybridized carbons (Fsp3) is 0.250. The number of fused-ring (bicyclic) bond motifs is 1. The monoisotopic (exact) mass is 348 g/mol. The summed E-state index contributed by atoms with van der Waals surface area (Å²) in [6.07, 6.45) is 2.45. The summed E-state index contributed by atoms with van der Waals surface area (Å²) in [5, 5.41) is 0. The number of rotatable bonds is 3. The van der Waals surface area contributed by atoms with Gasteiger partial charge in [0.1, 0.15) is 10.4 Å². The number of carbonyl (C=O) groups excluding carboxylic acids is 1. The van der Waals surface area contributed by atoms with Gasteiger partial charge < -0.3 is 4.90 Å². The van der Waals surface area contributed by atoms with Crippen LogP contribution in [-0.4, -0.2) is 15.8 Å². The summed E-state index contributed by atoms with van der Waals surface area (Å²) in [5.41, 5.74) is 2.41. The van der Waals surface area contributed by atoms with Gasteiger partial charge in [-0.25, -0.2) is 9.37 Å². The number of hydrogen-bond acceptors (Lipinski definition) is 2. The van der Waals surface area contributed by atoms with Gasteiger partial charge in [-0.3, -0.25) is 4.79 Å². The number of halogens is 2. The van der Waals surface area contributed by atoms with E-state index in [-0.39, 0.29) is 17.8 Å². The van der Waals surface area contributed by atoms with Crippen LogP contribution in [0.3, 0.4) is 0 Å². The van der Waals surface area contributed by atoms with Crippen molar-refractivity contribution in [2.75, 3.05) is 0 Å². The van der Waals surface area contributed by atoms with Crippen molar-refractivity contribution in [3.8, 4) is 0 Å². The van der Waals surface area contributed by atoms with Crippen molar-refractivity contribution in [3.63, 3.8) is 0 Å². The van der Waals surface area contributed by atoms with Crippen LogP contribution in [0.25, 0.3) is 0 Å². The Hall–Kier alpha value is -1.75. The van der Waals surface area contributed by atoms with Crippen molar-refractivity contribution in [3.05, 3.63) is 63.6 Å². The molecule has 2 aromatic rings. The minimum Gasteiger partial charge on any atom is -0.327 e. The molecule has 3 rings (SSSR count). The Morgan fingerprint density at radius 2 is 2.24 bits per heavy atom. The van der Waals surface area contributed by atoms with Gasteiger partial charge in [0.2, 0.25) is 0 Å². The van der Waals surface area contributed by atoms with E-state index in [2.05, 4.69) is 20.9 Å². The molecule has 1 amide bonds. The van der Waals surface area contributed by atoms with Crippen molar-refractivity contribution in [2.24, 2.45) is 0 Å². The molecule has 1 aliphatic heterocycles. The molecular weight excluding hydrogens is 335 g/mol. The van der Waals surface area contributed by atoms with Gasteiger partial charge in [-0.1, -0.05) is 19.1 Å². The van der Waals surface area contributed by atoms with Crippen LogP contribution < -0.4 is 0 Å². The highest BCUT2D eigenvalue weighted by Crippen LogP contribution is 2.33. The topological polar surface area (TPSA) is 33.2 Å². The minimum atomic E-state index is -0.278. The third-order valence-electron chi connectivity index (χ3n) is 3.78. The maximum absolute atomic E-state index is 13.4. The van der Waals surface area contributed by atoms with E-state index in [1.807, 2.05) is 13.0 Å². The lowest BCUT2D eigenvalue weighted by atomic mass is 10.0. The van der Waals surface area contributed by atoms with Crippen LogP contribution in [0.1, 0.15) is 40.9 Å². The zero-order valence-corrected chi connectivity index (χ0v) is 13.1. The Balaban J connectivity index is 1.95. The van der Waals surface area contributed by atoms with E-state index in [1.54, 1.807) is 23.2 Å². The zero-order valence-electron chi connectivity index (χ0n) is 11.5. The van der Waals surface area contributed by atoms with Gasteiger partial charge in [0.15, 0.2) is 0 Å². The standard InChI is InChI=1S/C16H14BrFN2O/c1-2-14(10-4-3-5-12(18)6-10)20-9-11-8-19-15(17)7-13(11)16(20)21/h3-8,14H,2,9H2,1H3. The smallest absolute Gasteiger partial charge is 0.255 e. The summed E-state index contributed by atoms with van der Waals surface area (Å²) in [4.78, 5) is 18.5. The van der Waals surface area contributed by atoms with E-state index < -0.39 is 0 Å². The fourth-order valence-corrected chi connectivity index (χ4v) is 3.13. The molecule has 0 aliphatic carbocycles. The van der Waals surface area contributed by atoms with Gasteiger partial charge in [0, 0.05) is 23.9 Å². The number of amides is 1. The first-order chi connectivity index (χ1) is 10.1. The molecule has 0 saturated carbocycles. The summed E-state index contributed by atoms with van der Waals surface area (Å²) in [7, 11) is 0. The van der Waals surface area contributed by atoms with Crippen molar-refractivity contribution in [1.29, 1.82) is 0 Å². The molecule has 1 aromatic carbocycles. The maximum atomic E-state index is 13.4. The highest BCUT2D eigenvalue weighted by atomic mass is 79.9. The molecule has 0 radical (unpaired) electrons.